The summed E-state index contributed by atoms with van der Waals surface area (Å²) < 4.78 is 0. The fourth-order valence-corrected chi connectivity index (χ4v) is 3.39. The molecule has 2 nitrogen and oxygen atoms in total. The molecule has 0 bridgehead atoms. The molecule has 1 aliphatic heterocycles. The van der Waals surface area contributed by atoms with Gasteiger partial charge in [-0.25, -0.2) is 0 Å². The maximum atomic E-state index is 12.4. The van der Waals surface area contributed by atoms with Crippen molar-refractivity contribution in [2.45, 2.75) is 37.9 Å². The van der Waals surface area contributed by atoms with E-state index in [-0.39, 0.29) is 5.92 Å². The van der Waals surface area contributed by atoms with Crippen LogP contribution in [0.1, 0.15) is 32.6 Å². The van der Waals surface area contributed by atoms with Crippen molar-refractivity contribution in [3.63, 3.8) is 0 Å². The highest BCUT2D eigenvalue weighted by atomic mass is 32.1. The van der Waals surface area contributed by atoms with Gasteiger partial charge in [0, 0.05) is 24.3 Å². The summed E-state index contributed by atoms with van der Waals surface area (Å²) in [4.78, 5) is 14.4. The molecule has 0 aromatic heterocycles. The zero-order valence-electron chi connectivity index (χ0n) is 10.6. The minimum absolute atomic E-state index is 0.240. The summed E-state index contributed by atoms with van der Waals surface area (Å²) in [7, 11) is 0. The first-order valence-electron chi connectivity index (χ1n) is 6.71. The van der Waals surface area contributed by atoms with Gasteiger partial charge in [0.25, 0.3) is 0 Å². The minimum atomic E-state index is 0.240. The quantitative estimate of drug-likeness (QED) is 0.593. The summed E-state index contributed by atoms with van der Waals surface area (Å²) in [5, 5.41) is 0.488. The predicted octanol–water partition coefficient (Wildman–Crippen LogP) is 2.76. The number of likely N-dealkylation sites (tertiary alicyclic amines) is 1. The number of nitrogens with zero attached hydrogens (tertiary/aromatic N) is 1. The molecule has 1 saturated carbocycles. The van der Waals surface area contributed by atoms with Crippen molar-refractivity contribution in [3.8, 4) is 0 Å². The Balaban J connectivity index is 1.90. The molecule has 2 aliphatic rings. The number of amides is 1. The number of hydrogen-bond donors (Lipinski definition) is 1. The number of hydrogen-bond acceptors (Lipinski definition) is 2. The van der Waals surface area contributed by atoms with E-state index in [4.69, 9.17) is 0 Å². The molecule has 3 atom stereocenters. The lowest BCUT2D eigenvalue weighted by molar-refractivity contribution is -0.136. The molecule has 96 valence electrons. The van der Waals surface area contributed by atoms with Gasteiger partial charge in [-0.05, 0) is 37.5 Å². The molecule has 0 N–H and O–H groups in total. The van der Waals surface area contributed by atoms with E-state index in [1.54, 1.807) is 0 Å². The number of allylic oxidation sites excluding steroid dienone is 1. The van der Waals surface area contributed by atoms with Gasteiger partial charge in [-0.3, -0.25) is 4.79 Å². The van der Waals surface area contributed by atoms with Gasteiger partial charge in [0.05, 0.1) is 0 Å². The fraction of sp³-hybridized carbons (Fsp3) is 0.786. The Labute approximate surface area is 110 Å². The molecule has 1 aliphatic carbocycles. The highest BCUT2D eigenvalue weighted by molar-refractivity contribution is 7.80. The van der Waals surface area contributed by atoms with E-state index in [0.29, 0.717) is 23.0 Å². The summed E-state index contributed by atoms with van der Waals surface area (Å²) >= 11 is 4.47. The predicted molar refractivity (Wildman–Crippen MR) is 74.2 cm³/mol. The van der Waals surface area contributed by atoms with Crippen LogP contribution in [0.3, 0.4) is 0 Å². The topological polar surface area (TPSA) is 20.3 Å². The van der Waals surface area contributed by atoms with Crippen LogP contribution < -0.4 is 0 Å². The maximum Gasteiger partial charge on any atom is 0.225 e. The summed E-state index contributed by atoms with van der Waals surface area (Å²) in [5.41, 5.74) is 0. The second-order valence-corrected chi connectivity index (χ2v) is 6.33. The van der Waals surface area contributed by atoms with Crippen molar-refractivity contribution < 1.29 is 4.79 Å². The normalized spacial score (nSPS) is 34.9. The molecule has 3 unspecified atom stereocenters. The minimum Gasteiger partial charge on any atom is -0.342 e. The van der Waals surface area contributed by atoms with E-state index in [2.05, 4.69) is 31.0 Å². The Bertz CT molecular complexity index is 297. The summed E-state index contributed by atoms with van der Waals surface area (Å²) in [6, 6.07) is 0. The number of carbonyl (C=O) groups excluding carboxylic acids is 1. The molecule has 1 amide bonds. The van der Waals surface area contributed by atoms with Crippen LogP contribution in [0.4, 0.5) is 0 Å². The molecule has 0 aromatic carbocycles. The molecular weight excluding hydrogens is 230 g/mol. The van der Waals surface area contributed by atoms with Crippen molar-refractivity contribution in [3.05, 3.63) is 12.7 Å². The van der Waals surface area contributed by atoms with Crippen LogP contribution in [-0.2, 0) is 4.79 Å². The third-order valence-electron chi connectivity index (χ3n) is 4.37. The second-order valence-electron chi connectivity index (χ2n) is 5.60. The van der Waals surface area contributed by atoms with Gasteiger partial charge in [-0.2, -0.15) is 12.6 Å². The monoisotopic (exact) mass is 253 g/mol. The first-order valence-corrected chi connectivity index (χ1v) is 7.23. The van der Waals surface area contributed by atoms with E-state index in [1.807, 2.05) is 6.08 Å². The van der Waals surface area contributed by atoms with E-state index in [9.17, 15) is 4.79 Å². The summed E-state index contributed by atoms with van der Waals surface area (Å²) in [5.74, 6) is 1.76. The lowest BCUT2D eigenvalue weighted by atomic mass is 9.99. The van der Waals surface area contributed by atoms with Crippen LogP contribution in [-0.4, -0.2) is 29.1 Å². The Morgan fingerprint density at radius 3 is 2.53 bits per heavy atom. The lowest BCUT2D eigenvalue weighted by Gasteiger charge is -2.31. The standard InChI is InChI=1S/C14H23NOS/c1-3-11-9-12(8-10(11)2)14(16)15-6-4-13(17)5-7-15/h3,10-13,17H,1,4-9H2,2H3. The number of piperidine rings is 1. The van der Waals surface area contributed by atoms with Gasteiger partial charge < -0.3 is 4.90 Å². The number of carbonyl (C=O) groups is 1. The van der Waals surface area contributed by atoms with Gasteiger partial charge in [-0.15, -0.1) is 6.58 Å². The Hall–Kier alpha value is -0.440. The van der Waals surface area contributed by atoms with E-state index in [1.165, 1.54) is 0 Å². The maximum absolute atomic E-state index is 12.4. The molecule has 0 spiro atoms. The van der Waals surface area contributed by atoms with Gasteiger partial charge >= 0.3 is 0 Å². The highest BCUT2D eigenvalue weighted by Crippen LogP contribution is 2.38. The SMILES string of the molecule is C=CC1CC(C(=O)N2CCC(S)CC2)CC1C. The smallest absolute Gasteiger partial charge is 0.225 e. The fourth-order valence-electron chi connectivity index (χ4n) is 3.16. The highest BCUT2D eigenvalue weighted by Gasteiger charge is 2.36. The van der Waals surface area contributed by atoms with Gasteiger partial charge in [0.15, 0.2) is 0 Å². The third kappa shape index (κ3) is 2.87. The zero-order chi connectivity index (χ0) is 12.4. The largest absolute Gasteiger partial charge is 0.342 e. The van der Waals surface area contributed by atoms with Crippen molar-refractivity contribution in [2.24, 2.45) is 17.8 Å². The number of rotatable bonds is 2. The summed E-state index contributed by atoms with van der Waals surface area (Å²) in [6.07, 6.45) is 6.16. The third-order valence-corrected chi connectivity index (χ3v) is 4.89. The van der Waals surface area contributed by atoms with Crippen LogP contribution in [0.25, 0.3) is 0 Å². The zero-order valence-corrected chi connectivity index (χ0v) is 11.5. The van der Waals surface area contributed by atoms with E-state index < -0.39 is 0 Å². The molecule has 17 heavy (non-hydrogen) atoms. The Morgan fingerprint density at radius 2 is 2.00 bits per heavy atom. The molecular formula is C14H23NOS. The average Bonchev–Trinajstić information content (AvgIpc) is 2.70. The molecule has 1 saturated heterocycles. The van der Waals surface area contributed by atoms with Crippen molar-refractivity contribution >= 4 is 18.5 Å². The first-order chi connectivity index (χ1) is 8.11. The number of thiol groups is 1. The van der Waals surface area contributed by atoms with Crippen LogP contribution in [0.15, 0.2) is 12.7 Å². The molecule has 1 heterocycles. The molecule has 3 heteroatoms. The second kappa shape index (κ2) is 5.47. The van der Waals surface area contributed by atoms with E-state index >= 15 is 0 Å². The summed E-state index contributed by atoms with van der Waals surface area (Å²) in [6.45, 7) is 7.91. The van der Waals surface area contributed by atoms with Crippen LogP contribution in [0, 0.1) is 17.8 Å². The van der Waals surface area contributed by atoms with E-state index in [0.717, 1.165) is 38.8 Å². The molecule has 0 radical (unpaired) electrons. The average molecular weight is 253 g/mol. The van der Waals surface area contributed by atoms with Gasteiger partial charge in [-0.1, -0.05) is 13.0 Å². The van der Waals surface area contributed by atoms with Crippen LogP contribution in [0.5, 0.6) is 0 Å². The molecule has 2 rings (SSSR count). The van der Waals surface area contributed by atoms with Gasteiger partial charge in [0.1, 0.15) is 0 Å². The Morgan fingerprint density at radius 1 is 1.35 bits per heavy atom. The molecule has 2 fully saturated rings. The van der Waals surface area contributed by atoms with Crippen molar-refractivity contribution in [1.82, 2.24) is 4.90 Å². The lowest BCUT2D eigenvalue weighted by Crippen LogP contribution is -2.41. The Kier molecular flexibility index (Phi) is 4.18. The van der Waals surface area contributed by atoms with Crippen molar-refractivity contribution in [2.75, 3.05) is 13.1 Å². The van der Waals surface area contributed by atoms with Crippen LogP contribution in [0.2, 0.25) is 0 Å². The van der Waals surface area contributed by atoms with Gasteiger partial charge in [0.2, 0.25) is 5.91 Å². The first kappa shape index (κ1) is 13.0. The molecule has 0 aromatic rings. The van der Waals surface area contributed by atoms with Crippen molar-refractivity contribution in [1.29, 1.82) is 0 Å². The van der Waals surface area contributed by atoms with Crippen LogP contribution >= 0.6 is 12.6 Å².